The lowest BCUT2D eigenvalue weighted by atomic mass is 9.89. The fourth-order valence-electron chi connectivity index (χ4n) is 4.66. The van der Waals surface area contributed by atoms with Crippen molar-refractivity contribution in [3.8, 4) is 17.0 Å². The van der Waals surface area contributed by atoms with E-state index in [4.69, 9.17) is 0 Å². The minimum atomic E-state index is -0.298. The number of nitrogens with one attached hydrogen (secondary N) is 2. The van der Waals surface area contributed by atoms with Crippen LogP contribution < -0.4 is 5.32 Å². The van der Waals surface area contributed by atoms with E-state index in [1.807, 2.05) is 11.0 Å². The Kier molecular flexibility index (Phi) is 5.49. The highest BCUT2D eigenvalue weighted by molar-refractivity contribution is 5.94. The normalized spacial score (nSPS) is 22.6. The van der Waals surface area contributed by atoms with E-state index in [0.29, 0.717) is 29.4 Å². The third-order valence-electron chi connectivity index (χ3n) is 6.00. The van der Waals surface area contributed by atoms with Gasteiger partial charge in [0.2, 0.25) is 0 Å². The van der Waals surface area contributed by atoms with E-state index < -0.39 is 0 Å². The number of aromatic amines is 1. The van der Waals surface area contributed by atoms with Crippen LogP contribution in [0.4, 0.5) is 4.39 Å². The van der Waals surface area contributed by atoms with Gasteiger partial charge in [0.25, 0.3) is 5.91 Å². The molecule has 2 aliphatic rings. The predicted molar refractivity (Wildman–Crippen MR) is 113 cm³/mol. The zero-order valence-electron chi connectivity index (χ0n) is 16.1. The van der Waals surface area contributed by atoms with Crippen molar-refractivity contribution in [1.82, 2.24) is 20.4 Å². The number of rotatable bonds is 3. The van der Waals surface area contributed by atoms with Crippen LogP contribution in [0.15, 0.2) is 54.6 Å². The SMILES string of the molecule is Cl.O=C(c1cc(-c2ccccc2O)n[nH]1)N1C[C@@H]2CNC[C@@H]2[C@H]1c1cccc(F)c1. The molecular weight excluding hydrogens is 407 g/mol. The molecule has 2 aromatic carbocycles. The maximum absolute atomic E-state index is 13.9. The van der Waals surface area contributed by atoms with Gasteiger partial charge in [-0.1, -0.05) is 24.3 Å². The number of H-pyrrole nitrogens is 1. The minimum absolute atomic E-state index is 0. The standard InChI is InChI=1S/C22H21FN4O2.ClH/c23-15-5-3-4-13(8-15)21-17-11-24-10-14(17)12-27(21)22(29)19-9-18(25-26-19)16-6-1-2-7-20(16)28;/h1-9,14,17,21,24,28H,10-12H2,(H,25,26);1H/t14-,17-,21+;/m0./s1. The van der Waals surface area contributed by atoms with Crippen LogP contribution in [0, 0.1) is 17.7 Å². The van der Waals surface area contributed by atoms with Gasteiger partial charge in [-0.05, 0) is 41.8 Å². The summed E-state index contributed by atoms with van der Waals surface area (Å²) in [6.07, 6.45) is 0. The minimum Gasteiger partial charge on any atom is -0.507 e. The molecular formula is C22H22ClFN4O2. The molecule has 3 atom stereocenters. The summed E-state index contributed by atoms with van der Waals surface area (Å²) in [4.78, 5) is 15.2. The lowest BCUT2D eigenvalue weighted by Crippen LogP contribution is -2.35. The first kappa shape index (κ1) is 20.4. The van der Waals surface area contributed by atoms with Gasteiger partial charge in [0.15, 0.2) is 0 Å². The maximum atomic E-state index is 13.9. The molecule has 3 N–H and O–H groups in total. The summed E-state index contributed by atoms with van der Waals surface area (Å²) in [7, 11) is 0. The largest absolute Gasteiger partial charge is 0.507 e. The van der Waals surface area contributed by atoms with Crippen LogP contribution in [0.2, 0.25) is 0 Å². The maximum Gasteiger partial charge on any atom is 0.272 e. The molecule has 2 fully saturated rings. The topological polar surface area (TPSA) is 81.2 Å². The third kappa shape index (κ3) is 3.44. The first-order chi connectivity index (χ1) is 14.1. The molecule has 2 saturated heterocycles. The summed E-state index contributed by atoms with van der Waals surface area (Å²) in [6.45, 7) is 2.27. The smallest absolute Gasteiger partial charge is 0.272 e. The quantitative estimate of drug-likeness (QED) is 0.597. The lowest BCUT2D eigenvalue weighted by Gasteiger charge is -2.28. The van der Waals surface area contributed by atoms with Crippen molar-refractivity contribution in [3.63, 3.8) is 0 Å². The Hall–Kier alpha value is -2.90. The summed E-state index contributed by atoms with van der Waals surface area (Å²) in [6, 6.07) is 14.9. The van der Waals surface area contributed by atoms with Crippen LogP contribution in [0.3, 0.4) is 0 Å². The molecule has 3 heterocycles. The van der Waals surface area contributed by atoms with Crippen molar-refractivity contribution >= 4 is 18.3 Å². The van der Waals surface area contributed by atoms with Gasteiger partial charge in [-0.25, -0.2) is 4.39 Å². The van der Waals surface area contributed by atoms with E-state index in [2.05, 4.69) is 15.5 Å². The highest BCUT2D eigenvalue weighted by Crippen LogP contribution is 2.43. The second-order valence-corrected chi connectivity index (χ2v) is 7.72. The molecule has 0 saturated carbocycles. The number of carbonyl (C=O) groups is 1. The Morgan fingerprint density at radius 3 is 2.77 bits per heavy atom. The summed E-state index contributed by atoms with van der Waals surface area (Å²) < 4.78 is 13.9. The molecule has 3 aromatic rings. The molecule has 0 unspecified atom stereocenters. The van der Waals surface area contributed by atoms with E-state index in [0.717, 1.165) is 18.7 Å². The van der Waals surface area contributed by atoms with E-state index in [-0.39, 0.29) is 41.8 Å². The molecule has 0 bridgehead atoms. The zero-order valence-corrected chi connectivity index (χ0v) is 16.9. The molecule has 5 rings (SSSR count). The van der Waals surface area contributed by atoms with Gasteiger partial charge in [0, 0.05) is 31.1 Å². The number of hydrogen-bond donors (Lipinski definition) is 3. The number of aromatic hydroxyl groups is 1. The number of hydrogen-bond acceptors (Lipinski definition) is 4. The molecule has 6 nitrogen and oxygen atoms in total. The fourth-order valence-corrected chi connectivity index (χ4v) is 4.66. The van der Waals surface area contributed by atoms with Crippen molar-refractivity contribution in [2.45, 2.75) is 6.04 Å². The number of nitrogens with zero attached hydrogens (tertiary/aromatic N) is 2. The van der Waals surface area contributed by atoms with Gasteiger partial charge >= 0.3 is 0 Å². The number of phenols is 1. The van der Waals surface area contributed by atoms with Crippen LogP contribution in [-0.4, -0.2) is 45.7 Å². The van der Waals surface area contributed by atoms with Crippen LogP contribution in [0.5, 0.6) is 5.75 Å². The number of fused-ring (bicyclic) bond motifs is 1. The van der Waals surface area contributed by atoms with Gasteiger partial charge in [-0.2, -0.15) is 5.10 Å². The number of halogens is 2. The number of amides is 1. The Labute approximate surface area is 179 Å². The number of para-hydroxylation sites is 1. The van der Waals surface area contributed by atoms with Crippen molar-refractivity contribution in [3.05, 3.63) is 71.7 Å². The Morgan fingerprint density at radius 2 is 1.97 bits per heavy atom. The lowest BCUT2D eigenvalue weighted by molar-refractivity contribution is 0.0707. The average molecular weight is 429 g/mol. The van der Waals surface area contributed by atoms with Crippen LogP contribution in [0.1, 0.15) is 22.1 Å². The molecule has 8 heteroatoms. The number of likely N-dealkylation sites (tertiary alicyclic amines) is 1. The number of phenolic OH excluding ortho intramolecular Hbond substituents is 1. The van der Waals surface area contributed by atoms with Gasteiger partial charge in [0.05, 0.1) is 11.7 Å². The van der Waals surface area contributed by atoms with E-state index in [1.165, 1.54) is 12.1 Å². The van der Waals surface area contributed by atoms with Crippen molar-refractivity contribution in [1.29, 1.82) is 0 Å². The van der Waals surface area contributed by atoms with E-state index >= 15 is 0 Å². The monoisotopic (exact) mass is 428 g/mol. The fraction of sp³-hybridized carbons (Fsp3) is 0.273. The van der Waals surface area contributed by atoms with Crippen LogP contribution in [0.25, 0.3) is 11.3 Å². The zero-order chi connectivity index (χ0) is 20.0. The second kappa shape index (κ2) is 8.08. The molecule has 0 aliphatic carbocycles. The van der Waals surface area contributed by atoms with E-state index in [1.54, 1.807) is 36.4 Å². The Balaban J connectivity index is 0.00000218. The summed E-state index contributed by atoms with van der Waals surface area (Å²) in [5.41, 5.74) is 2.24. The number of carbonyl (C=O) groups excluding carboxylic acids is 1. The van der Waals surface area contributed by atoms with Crippen LogP contribution >= 0.6 is 12.4 Å². The molecule has 2 aliphatic heterocycles. The van der Waals surface area contributed by atoms with Crippen molar-refractivity contribution in [2.75, 3.05) is 19.6 Å². The van der Waals surface area contributed by atoms with Gasteiger partial charge in [-0.3, -0.25) is 9.89 Å². The van der Waals surface area contributed by atoms with Gasteiger partial charge in [-0.15, -0.1) is 12.4 Å². The highest BCUT2D eigenvalue weighted by atomic mass is 35.5. The third-order valence-corrected chi connectivity index (χ3v) is 6.00. The molecule has 0 spiro atoms. The predicted octanol–water partition coefficient (Wildman–Crippen LogP) is 3.38. The summed E-state index contributed by atoms with van der Waals surface area (Å²) >= 11 is 0. The average Bonchev–Trinajstić information content (AvgIpc) is 3.43. The number of aromatic nitrogens is 2. The molecule has 156 valence electrons. The Morgan fingerprint density at radius 1 is 1.13 bits per heavy atom. The van der Waals surface area contributed by atoms with Crippen LogP contribution in [-0.2, 0) is 0 Å². The van der Waals surface area contributed by atoms with Crippen molar-refractivity contribution in [2.24, 2.45) is 11.8 Å². The molecule has 1 amide bonds. The van der Waals surface area contributed by atoms with E-state index in [9.17, 15) is 14.3 Å². The molecule has 1 aromatic heterocycles. The van der Waals surface area contributed by atoms with Gasteiger partial charge in [0.1, 0.15) is 17.3 Å². The molecule has 0 radical (unpaired) electrons. The Bertz CT molecular complexity index is 1070. The van der Waals surface area contributed by atoms with Crippen molar-refractivity contribution < 1.29 is 14.3 Å². The molecule has 30 heavy (non-hydrogen) atoms. The number of benzene rings is 2. The first-order valence-electron chi connectivity index (χ1n) is 9.73. The highest BCUT2D eigenvalue weighted by Gasteiger charge is 2.47. The van der Waals surface area contributed by atoms with Gasteiger partial charge < -0.3 is 15.3 Å². The summed E-state index contributed by atoms with van der Waals surface area (Å²) in [5.74, 6) is 0.238. The summed E-state index contributed by atoms with van der Waals surface area (Å²) in [5, 5.41) is 20.5. The second-order valence-electron chi connectivity index (χ2n) is 7.72. The first-order valence-corrected chi connectivity index (χ1v) is 9.73.